The van der Waals surface area contributed by atoms with Crippen molar-refractivity contribution in [1.29, 1.82) is 0 Å². The summed E-state index contributed by atoms with van der Waals surface area (Å²) in [5.74, 6) is -1.83. The predicted molar refractivity (Wildman–Crippen MR) is 133 cm³/mol. The van der Waals surface area contributed by atoms with Crippen molar-refractivity contribution in [2.75, 3.05) is 23.8 Å². The summed E-state index contributed by atoms with van der Waals surface area (Å²) in [6.45, 7) is 3.14. The molecule has 0 aliphatic rings. The first kappa shape index (κ1) is 26.0. The van der Waals surface area contributed by atoms with Crippen LogP contribution in [0.25, 0.3) is 0 Å². The molecule has 0 saturated heterocycles. The van der Waals surface area contributed by atoms with Gasteiger partial charge in [-0.2, -0.15) is 0 Å². The normalized spacial score (nSPS) is 10.9. The smallest absolute Gasteiger partial charge is 0.340 e. The van der Waals surface area contributed by atoms with Crippen molar-refractivity contribution in [1.82, 2.24) is 14.5 Å². The van der Waals surface area contributed by atoms with Gasteiger partial charge in [-0.1, -0.05) is 67.4 Å². The number of benzene rings is 1. The molecule has 0 aliphatic carbocycles. The summed E-state index contributed by atoms with van der Waals surface area (Å²) in [6.07, 6.45) is 1.16. The van der Waals surface area contributed by atoms with Crippen molar-refractivity contribution >= 4 is 46.6 Å². The molecule has 0 bridgehead atoms. The van der Waals surface area contributed by atoms with Gasteiger partial charge in [0.2, 0.25) is 0 Å². The topological polar surface area (TPSA) is 140 Å². The van der Waals surface area contributed by atoms with Gasteiger partial charge >= 0.3 is 11.7 Å². The van der Waals surface area contributed by atoms with E-state index in [9.17, 15) is 19.2 Å². The highest BCUT2D eigenvalue weighted by Crippen LogP contribution is 2.21. The average molecular weight is 520 g/mol. The van der Waals surface area contributed by atoms with E-state index >= 15 is 0 Å². The number of aromatic amines is 1. The average Bonchev–Trinajstić information content (AvgIpc) is 2.81. The van der Waals surface area contributed by atoms with E-state index < -0.39 is 29.7 Å². The summed E-state index contributed by atoms with van der Waals surface area (Å²) in [5.41, 5.74) is 5.25. The minimum absolute atomic E-state index is 0.00335. The number of carbonyl (C=O) groups excluding carboxylic acids is 2. The number of H-pyrrole nitrogens is 1. The Balaban J connectivity index is 1.90. The number of nitrogens with zero attached hydrogens (tertiary/aromatic N) is 3. The summed E-state index contributed by atoms with van der Waals surface area (Å²) in [6, 6.07) is 10.3. The Kier molecular flexibility index (Phi) is 8.31. The Bertz CT molecular complexity index is 1350. The standard InChI is InChI=1S/C23H23Cl2N5O5/c1-13(2)10-29(17(31)12-35-22(33)15-8-16(24)19(25)27-9-15)18-20(26)30(23(34)28-21(18)32)11-14-6-4-3-5-7-14/h3-9,13H,10-12,26H2,1-2H3,(H,28,32,34). The molecule has 0 aliphatic heterocycles. The summed E-state index contributed by atoms with van der Waals surface area (Å²) >= 11 is 11.6. The molecular weight excluding hydrogens is 497 g/mol. The lowest BCUT2D eigenvalue weighted by atomic mass is 10.2. The molecule has 0 radical (unpaired) electrons. The molecule has 0 atom stereocenters. The number of carbonyl (C=O) groups is 2. The maximum atomic E-state index is 13.1. The lowest BCUT2D eigenvalue weighted by Crippen LogP contribution is -2.44. The van der Waals surface area contributed by atoms with Crippen molar-refractivity contribution in [2.45, 2.75) is 20.4 Å². The van der Waals surface area contributed by atoms with E-state index in [-0.39, 0.29) is 46.3 Å². The number of nitrogens with two attached hydrogens (primary N) is 1. The molecule has 1 aromatic carbocycles. The van der Waals surface area contributed by atoms with Crippen LogP contribution in [0.15, 0.2) is 52.2 Å². The van der Waals surface area contributed by atoms with E-state index in [0.29, 0.717) is 0 Å². The van der Waals surface area contributed by atoms with Gasteiger partial charge in [0, 0.05) is 12.7 Å². The second kappa shape index (κ2) is 11.2. The van der Waals surface area contributed by atoms with Gasteiger partial charge in [0.1, 0.15) is 11.0 Å². The van der Waals surface area contributed by atoms with Crippen LogP contribution in [0, 0.1) is 5.92 Å². The third kappa shape index (κ3) is 6.28. The Morgan fingerprint density at radius 3 is 2.51 bits per heavy atom. The summed E-state index contributed by atoms with van der Waals surface area (Å²) in [4.78, 5) is 57.8. The number of anilines is 2. The highest BCUT2D eigenvalue weighted by atomic mass is 35.5. The van der Waals surface area contributed by atoms with Gasteiger partial charge < -0.3 is 15.4 Å². The number of hydrogen-bond acceptors (Lipinski definition) is 7. The number of amides is 1. The molecule has 35 heavy (non-hydrogen) atoms. The van der Waals surface area contributed by atoms with E-state index in [4.69, 9.17) is 33.7 Å². The highest BCUT2D eigenvalue weighted by molar-refractivity contribution is 6.41. The molecule has 0 spiro atoms. The van der Waals surface area contributed by atoms with Crippen molar-refractivity contribution < 1.29 is 14.3 Å². The lowest BCUT2D eigenvalue weighted by molar-refractivity contribution is -0.121. The van der Waals surface area contributed by atoms with E-state index in [2.05, 4.69) is 9.97 Å². The molecular formula is C23H23Cl2N5O5. The number of rotatable bonds is 8. The molecule has 0 saturated carbocycles. The molecule has 3 rings (SSSR count). The van der Waals surface area contributed by atoms with Crippen molar-refractivity contribution in [2.24, 2.45) is 5.92 Å². The van der Waals surface area contributed by atoms with Crippen LogP contribution in [0.5, 0.6) is 0 Å². The first-order valence-corrected chi connectivity index (χ1v) is 11.3. The van der Waals surface area contributed by atoms with Crippen LogP contribution in [-0.2, 0) is 16.1 Å². The summed E-state index contributed by atoms with van der Waals surface area (Å²) < 4.78 is 6.27. The number of pyridine rings is 1. The second-order valence-corrected chi connectivity index (χ2v) is 8.80. The van der Waals surface area contributed by atoms with Crippen LogP contribution >= 0.6 is 23.2 Å². The lowest BCUT2D eigenvalue weighted by Gasteiger charge is -2.26. The minimum atomic E-state index is -0.857. The molecule has 2 aromatic heterocycles. The number of halogens is 2. The Morgan fingerprint density at radius 2 is 1.89 bits per heavy atom. The zero-order valence-corrected chi connectivity index (χ0v) is 20.5. The number of ether oxygens (including phenoxy) is 1. The molecule has 1 amide bonds. The maximum absolute atomic E-state index is 13.1. The van der Waals surface area contributed by atoms with Gasteiger partial charge in [-0.25, -0.2) is 14.6 Å². The second-order valence-electron chi connectivity index (χ2n) is 8.04. The monoisotopic (exact) mass is 519 g/mol. The molecule has 12 heteroatoms. The molecule has 2 heterocycles. The highest BCUT2D eigenvalue weighted by Gasteiger charge is 2.26. The van der Waals surface area contributed by atoms with Crippen molar-refractivity contribution in [3.8, 4) is 0 Å². The zero-order chi connectivity index (χ0) is 25.7. The van der Waals surface area contributed by atoms with E-state index in [1.807, 2.05) is 19.9 Å². The Morgan fingerprint density at radius 1 is 1.20 bits per heavy atom. The Hall–Kier alpha value is -3.63. The van der Waals surface area contributed by atoms with Gasteiger partial charge in [-0.3, -0.25) is 19.1 Å². The SMILES string of the molecule is CC(C)CN(C(=O)COC(=O)c1cnc(Cl)c(Cl)c1)c1c(N)n(Cc2ccccc2)c(=O)[nH]c1=O. The van der Waals surface area contributed by atoms with Crippen molar-refractivity contribution in [3.63, 3.8) is 0 Å². The fourth-order valence-corrected chi connectivity index (χ4v) is 3.54. The number of aromatic nitrogens is 3. The molecule has 184 valence electrons. The molecule has 3 aromatic rings. The van der Waals surface area contributed by atoms with E-state index in [0.717, 1.165) is 16.7 Å². The largest absolute Gasteiger partial charge is 0.452 e. The van der Waals surface area contributed by atoms with Crippen LogP contribution in [0.2, 0.25) is 10.2 Å². The van der Waals surface area contributed by atoms with Crippen LogP contribution in [0.3, 0.4) is 0 Å². The van der Waals surface area contributed by atoms with Crippen LogP contribution < -0.4 is 21.9 Å². The molecule has 10 nitrogen and oxygen atoms in total. The minimum Gasteiger partial charge on any atom is -0.452 e. The van der Waals surface area contributed by atoms with Gasteiger partial charge in [0.15, 0.2) is 12.3 Å². The van der Waals surface area contributed by atoms with Crippen LogP contribution in [-0.4, -0.2) is 39.6 Å². The molecule has 0 unspecified atom stereocenters. The molecule has 0 fully saturated rings. The first-order chi connectivity index (χ1) is 16.6. The van der Waals surface area contributed by atoms with E-state index in [1.54, 1.807) is 24.3 Å². The van der Waals surface area contributed by atoms with Gasteiger partial charge in [-0.05, 0) is 17.5 Å². The number of nitrogen functional groups attached to an aromatic ring is 1. The maximum Gasteiger partial charge on any atom is 0.340 e. The number of nitrogens with one attached hydrogen (secondary N) is 1. The fourth-order valence-electron chi connectivity index (χ4n) is 3.27. The zero-order valence-electron chi connectivity index (χ0n) is 19.0. The van der Waals surface area contributed by atoms with Crippen LogP contribution in [0.4, 0.5) is 11.5 Å². The first-order valence-electron chi connectivity index (χ1n) is 10.5. The number of esters is 1. The quantitative estimate of drug-likeness (QED) is 0.344. The summed E-state index contributed by atoms with van der Waals surface area (Å²) in [7, 11) is 0. The van der Waals surface area contributed by atoms with Gasteiger partial charge in [0.25, 0.3) is 11.5 Å². The van der Waals surface area contributed by atoms with Crippen molar-refractivity contribution in [3.05, 3.63) is 84.7 Å². The van der Waals surface area contributed by atoms with Gasteiger partial charge in [-0.15, -0.1) is 0 Å². The molecule has 3 N–H and O–H groups in total. The fraction of sp³-hybridized carbons (Fsp3) is 0.261. The third-order valence-electron chi connectivity index (χ3n) is 4.88. The van der Waals surface area contributed by atoms with E-state index in [1.165, 1.54) is 10.6 Å². The predicted octanol–water partition coefficient (Wildman–Crippen LogP) is 2.71. The number of hydrogen-bond donors (Lipinski definition) is 2. The van der Waals surface area contributed by atoms with Gasteiger partial charge in [0.05, 0.1) is 17.1 Å². The summed E-state index contributed by atoms with van der Waals surface area (Å²) in [5, 5.41) is 0.0663. The Labute approximate surface area is 210 Å². The third-order valence-corrected chi connectivity index (χ3v) is 5.56. The van der Waals surface area contributed by atoms with Crippen LogP contribution in [0.1, 0.15) is 29.8 Å².